The second-order valence-electron chi connectivity index (χ2n) is 6.94. The van der Waals surface area contributed by atoms with Crippen LogP contribution in [0.3, 0.4) is 0 Å². The van der Waals surface area contributed by atoms with Crippen LogP contribution >= 0.6 is 0 Å². The maximum Gasteiger partial charge on any atom is 0.264 e. The molecule has 0 spiro atoms. The number of aliphatic hydroxyl groups is 1. The Morgan fingerprint density at radius 1 is 1.33 bits per heavy atom. The van der Waals surface area contributed by atoms with Gasteiger partial charge in [-0.15, -0.1) is 0 Å². The SMILES string of the molecule is CN1C(=O)[C@@]2(O)c3c(cccc31)C[C@H]1[C@H]2C(=O)NC1(C)C. The highest BCUT2D eigenvalue weighted by molar-refractivity contribution is 6.10. The van der Waals surface area contributed by atoms with Crippen molar-refractivity contribution in [2.24, 2.45) is 11.8 Å². The number of amides is 2. The largest absolute Gasteiger partial charge is 0.375 e. The van der Waals surface area contributed by atoms with Gasteiger partial charge in [-0.05, 0) is 31.9 Å². The molecule has 2 aliphatic heterocycles. The molecule has 0 radical (unpaired) electrons. The Hall–Kier alpha value is -1.88. The molecule has 0 aromatic heterocycles. The van der Waals surface area contributed by atoms with Gasteiger partial charge in [0, 0.05) is 24.1 Å². The first kappa shape index (κ1) is 12.8. The average Bonchev–Trinajstić information content (AvgIpc) is 2.76. The number of likely N-dealkylation sites (N-methyl/N-ethyl adjacent to an activating group) is 1. The fourth-order valence-electron chi connectivity index (χ4n) is 4.41. The Morgan fingerprint density at radius 3 is 2.76 bits per heavy atom. The molecule has 2 N–H and O–H groups in total. The highest BCUT2D eigenvalue weighted by Gasteiger charge is 2.66. The third-order valence-electron chi connectivity index (χ3n) is 5.45. The molecule has 5 heteroatoms. The van der Waals surface area contributed by atoms with E-state index in [0.29, 0.717) is 12.0 Å². The van der Waals surface area contributed by atoms with Gasteiger partial charge in [-0.3, -0.25) is 9.59 Å². The lowest BCUT2D eigenvalue weighted by molar-refractivity contribution is -0.152. The molecule has 21 heavy (non-hydrogen) atoms. The Morgan fingerprint density at radius 2 is 2.05 bits per heavy atom. The summed E-state index contributed by atoms with van der Waals surface area (Å²) in [5.41, 5.74) is 0.176. The zero-order valence-electron chi connectivity index (χ0n) is 12.3. The number of hydrogen-bond acceptors (Lipinski definition) is 3. The second-order valence-corrected chi connectivity index (χ2v) is 6.94. The number of nitrogens with one attached hydrogen (secondary N) is 1. The summed E-state index contributed by atoms with van der Waals surface area (Å²) < 4.78 is 0. The fourth-order valence-corrected chi connectivity index (χ4v) is 4.41. The van der Waals surface area contributed by atoms with Crippen molar-refractivity contribution in [3.8, 4) is 0 Å². The minimum absolute atomic E-state index is 0.0896. The van der Waals surface area contributed by atoms with Crippen molar-refractivity contribution >= 4 is 17.5 Å². The van der Waals surface area contributed by atoms with Crippen molar-refractivity contribution in [1.82, 2.24) is 5.32 Å². The van der Waals surface area contributed by atoms with Crippen LogP contribution in [-0.2, 0) is 21.6 Å². The van der Waals surface area contributed by atoms with E-state index in [1.807, 2.05) is 32.0 Å². The number of nitrogens with zero attached hydrogens (tertiary/aromatic N) is 1. The van der Waals surface area contributed by atoms with Gasteiger partial charge in [0.2, 0.25) is 5.91 Å². The van der Waals surface area contributed by atoms with E-state index in [1.165, 1.54) is 4.90 Å². The Bertz CT molecular complexity index is 697. The average molecular weight is 286 g/mol. The van der Waals surface area contributed by atoms with Gasteiger partial charge in [0.25, 0.3) is 5.91 Å². The topological polar surface area (TPSA) is 69.6 Å². The minimum atomic E-state index is -1.72. The monoisotopic (exact) mass is 286 g/mol. The van der Waals surface area contributed by atoms with Crippen LogP contribution < -0.4 is 10.2 Å². The van der Waals surface area contributed by atoms with E-state index in [0.717, 1.165) is 11.3 Å². The number of rotatable bonds is 0. The number of carbonyl (C=O) groups excluding carboxylic acids is 2. The molecule has 1 aliphatic carbocycles. The smallest absolute Gasteiger partial charge is 0.264 e. The molecule has 3 atom stereocenters. The lowest BCUT2D eigenvalue weighted by Crippen LogP contribution is -2.52. The highest BCUT2D eigenvalue weighted by Crippen LogP contribution is 2.55. The Balaban J connectivity index is 2.03. The van der Waals surface area contributed by atoms with Crippen molar-refractivity contribution in [3.63, 3.8) is 0 Å². The molecule has 1 aromatic rings. The number of hydrogen-bond donors (Lipinski definition) is 2. The van der Waals surface area contributed by atoms with E-state index in [-0.39, 0.29) is 11.8 Å². The molecular weight excluding hydrogens is 268 g/mol. The van der Waals surface area contributed by atoms with Crippen LogP contribution in [0.4, 0.5) is 5.69 Å². The molecule has 2 amide bonds. The first-order chi connectivity index (χ1) is 9.78. The molecule has 4 rings (SSSR count). The van der Waals surface area contributed by atoms with Crippen LogP contribution in [0.25, 0.3) is 0 Å². The number of benzene rings is 1. The van der Waals surface area contributed by atoms with E-state index in [9.17, 15) is 14.7 Å². The summed E-state index contributed by atoms with van der Waals surface area (Å²) in [7, 11) is 1.65. The molecule has 0 unspecified atom stereocenters. The highest BCUT2D eigenvalue weighted by atomic mass is 16.3. The van der Waals surface area contributed by atoms with Gasteiger partial charge in [-0.1, -0.05) is 12.1 Å². The van der Waals surface area contributed by atoms with E-state index in [1.54, 1.807) is 7.05 Å². The van der Waals surface area contributed by atoms with Gasteiger partial charge in [0.15, 0.2) is 5.60 Å². The zero-order chi connectivity index (χ0) is 15.2. The Labute approximate surface area is 122 Å². The molecule has 3 aliphatic rings. The Kier molecular flexibility index (Phi) is 2.12. The van der Waals surface area contributed by atoms with Crippen molar-refractivity contribution in [1.29, 1.82) is 0 Å². The molecule has 0 saturated carbocycles. The lowest BCUT2D eigenvalue weighted by atomic mass is 9.63. The van der Waals surface area contributed by atoms with Crippen LogP contribution in [0.1, 0.15) is 25.0 Å². The molecule has 110 valence electrons. The normalized spacial score (nSPS) is 35.5. The zero-order valence-corrected chi connectivity index (χ0v) is 12.3. The van der Waals surface area contributed by atoms with Gasteiger partial charge in [-0.2, -0.15) is 0 Å². The molecule has 0 bridgehead atoms. The van der Waals surface area contributed by atoms with Crippen molar-refractivity contribution in [2.75, 3.05) is 11.9 Å². The third-order valence-corrected chi connectivity index (χ3v) is 5.45. The standard InChI is InChI=1S/C16H18N2O3/c1-15(2)9-7-8-5-4-6-10-11(8)16(21,14(20)18(10)3)12(9)13(19)17-15/h4-6,9,12,21H,7H2,1-3H3,(H,17,19)/t9-,12-,16+/m0/s1. The van der Waals surface area contributed by atoms with Gasteiger partial charge >= 0.3 is 0 Å². The number of carbonyl (C=O) groups is 2. The maximum atomic E-state index is 12.7. The summed E-state index contributed by atoms with van der Waals surface area (Å²) in [6, 6.07) is 5.68. The van der Waals surface area contributed by atoms with Crippen molar-refractivity contribution in [2.45, 2.75) is 31.4 Å². The van der Waals surface area contributed by atoms with Gasteiger partial charge in [0.05, 0.1) is 11.6 Å². The lowest BCUT2D eigenvalue weighted by Gasteiger charge is -2.39. The van der Waals surface area contributed by atoms with E-state index < -0.39 is 23.0 Å². The molecule has 1 fully saturated rings. The van der Waals surface area contributed by atoms with Gasteiger partial charge in [0.1, 0.15) is 0 Å². The molecule has 2 heterocycles. The predicted molar refractivity (Wildman–Crippen MR) is 76.7 cm³/mol. The van der Waals surface area contributed by atoms with Gasteiger partial charge < -0.3 is 15.3 Å². The van der Waals surface area contributed by atoms with Crippen LogP contribution in [0.5, 0.6) is 0 Å². The molecular formula is C16H18N2O3. The van der Waals surface area contributed by atoms with E-state index in [4.69, 9.17) is 0 Å². The van der Waals surface area contributed by atoms with Crippen molar-refractivity contribution < 1.29 is 14.7 Å². The third kappa shape index (κ3) is 1.26. The maximum absolute atomic E-state index is 12.7. The summed E-state index contributed by atoms with van der Waals surface area (Å²) in [5.74, 6) is -1.42. The first-order valence-corrected chi connectivity index (χ1v) is 7.23. The van der Waals surface area contributed by atoms with E-state index >= 15 is 0 Å². The molecule has 1 saturated heterocycles. The van der Waals surface area contributed by atoms with Crippen LogP contribution in [0, 0.1) is 11.8 Å². The van der Waals surface area contributed by atoms with Crippen LogP contribution in [0.2, 0.25) is 0 Å². The summed E-state index contributed by atoms with van der Waals surface area (Å²) in [4.78, 5) is 26.6. The summed E-state index contributed by atoms with van der Waals surface area (Å²) >= 11 is 0. The summed E-state index contributed by atoms with van der Waals surface area (Å²) in [6.07, 6.45) is 0.697. The van der Waals surface area contributed by atoms with E-state index in [2.05, 4.69) is 5.32 Å². The summed E-state index contributed by atoms with van der Waals surface area (Å²) in [6.45, 7) is 3.91. The van der Waals surface area contributed by atoms with Crippen LogP contribution in [-0.4, -0.2) is 29.5 Å². The van der Waals surface area contributed by atoms with Crippen molar-refractivity contribution in [3.05, 3.63) is 29.3 Å². The van der Waals surface area contributed by atoms with Gasteiger partial charge in [-0.25, -0.2) is 0 Å². The molecule has 5 nitrogen and oxygen atoms in total. The molecule has 1 aromatic carbocycles. The summed E-state index contributed by atoms with van der Waals surface area (Å²) in [5, 5.41) is 14.2. The number of anilines is 1. The first-order valence-electron chi connectivity index (χ1n) is 7.23. The quantitative estimate of drug-likeness (QED) is 0.731. The second kappa shape index (κ2) is 3.47. The van der Waals surface area contributed by atoms with Crippen LogP contribution in [0.15, 0.2) is 18.2 Å². The minimum Gasteiger partial charge on any atom is -0.375 e. The predicted octanol–water partition coefficient (Wildman–Crippen LogP) is 0.547. The fraction of sp³-hybridized carbons (Fsp3) is 0.500. The number of fused-ring (bicyclic) bond motifs is 2.